The Kier molecular flexibility index (Phi) is 7.91. The van der Waals surface area contributed by atoms with Gasteiger partial charge in [-0.25, -0.2) is 20.1 Å². The summed E-state index contributed by atoms with van der Waals surface area (Å²) in [7, 11) is 4.45. The van der Waals surface area contributed by atoms with E-state index in [1.54, 1.807) is 30.3 Å². The molecule has 0 aliphatic carbocycles. The molecule has 3 rings (SSSR count). The summed E-state index contributed by atoms with van der Waals surface area (Å²) in [5.74, 6) is 1.33. The summed E-state index contributed by atoms with van der Waals surface area (Å²) in [6.07, 6.45) is 1.88. The number of nitro groups is 1. The second-order valence-electron chi connectivity index (χ2n) is 7.13. The molecule has 1 aromatic heterocycles. The first-order valence-electron chi connectivity index (χ1n) is 10.5. The first kappa shape index (κ1) is 24.4. The molecule has 0 aliphatic rings. The van der Waals surface area contributed by atoms with Crippen molar-refractivity contribution in [3.63, 3.8) is 0 Å². The Morgan fingerprint density at radius 2 is 1.68 bits per heavy atom. The monoisotopic (exact) mass is 470 g/mol. The molecular formula is C23H26N4O7. The quantitative estimate of drug-likeness (QED) is 0.237. The molecule has 2 aromatic carbocycles. The van der Waals surface area contributed by atoms with Gasteiger partial charge in [0.2, 0.25) is 5.75 Å². The van der Waals surface area contributed by atoms with Gasteiger partial charge in [-0.15, -0.1) is 0 Å². The van der Waals surface area contributed by atoms with Gasteiger partial charge < -0.3 is 24.1 Å². The summed E-state index contributed by atoms with van der Waals surface area (Å²) in [4.78, 5) is 19.5. The molecule has 0 spiro atoms. The number of aromatic hydroxyl groups is 1. The number of hydrogen-bond donors (Lipinski definition) is 2. The molecule has 0 atom stereocenters. The average molecular weight is 470 g/mol. The fourth-order valence-corrected chi connectivity index (χ4v) is 3.25. The van der Waals surface area contributed by atoms with Gasteiger partial charge in [0.1, 0.15) is 11.5 Å². The van der Waals surface area contributed by atoms with Crippen molar-refractivity contribution >= 4 is 5.95 Å². The molecule has 11 nitrogen and oxygen atoms in total. The van der Waals surface area contributed by atoms with Crippen LogP contribution < -0.4 is 24.4 Å². The van der Waals surface area contributed by atoms with Gasteiger partial charge in [0.15, 0.2) is 16.5 Å². The number of rotatable bonds is 11. The second kappa shape index (κ2) is 11.0. The number of ether oxygens (including phenoxy) is 4. The van der Waals surface area contributed by atoms with Crippen molar-refractivity contribution < 1.29 is 29.1 Å². The molecule has 0 radical (unpaired) electrons. The molecule has 3 aromatic rings. The summed E-state index contributed by atoms with van der Waals surface area (Å²) in [6.45, 7) is 2.59. The smallest absolute Gasteiger partial charge is 0.286 e. The maximum absolute atomic E-state index is 11.1. The number of anilines is 1. The van der Waals surface area contributed by atoms with Gasteiger partial charge in [-0.2, -0.15) is 0 Å². The van der Waals surface area contributed by atoms with Crippen LogP contribution in [0.3, 0.4) is 0 Å². The molecule has 0 fully saturated rings. The van der Waals surface area contributed by atoms with Crippen molar-refractivity contribution in [3.8, 4) is 51.3 Å². The number of nitrogens with zero attached hydrogens (tertiary/aromatic N) is 3. The standard InChI is InChI=1S/C23H26N4O7/c1-5-6-9-34-15-7-8-16(19(28)12-15)18-13-17(24-23(25-18)26-27(29)30)14-10-20(31-2)22(33-4)21(11-14)32-3/h7-8,10-13,28H,5-6,9H2,1-4H3,(H,24,25,26). The molecule has 0 aliphatic heterocycles. The lowest BCUT2D eigenvalue weighted by atomic mass is 10.1. The number of unbranched alkanes of at least 4 members (excludes halogenated alkanes) is 1. The van der Waals surface area contributed by atoms with E-state index in [1.807, 2.05) is 5.43 Å². The third-order valence-corrected chi connectivity index (χ3v) is 4.89. The molecule has 0 amide bonds. The van der Waals surface area contributed by atoms with Crippen molar-refractivity contribution in [1.29, 1.82) is 0 Å². The van der Waals surface area contributed by atoms with Crippen LogP contribution in [0.5, 0.6) is 28.7 Å². The zero-order chi connectivity index (χ0) is 24.7. The Morgan fingerprint density at radius 3 is 2.24 bits per heavy atom. The van der Waals surface area contributed by atoms with Crippen molar-refractivity contribution in [2.24, 2.45) is 0 Å². The van der Waals surface area contributed by atoms with Crippen LogP contribution >= 0.6 is 0 Å². The molecule has 0 bridgehead atoms. The van der Waals surface area contributed by atoms with E-state index < -0.39 is 5.03 Å². The Morgan fingerprint density at radius 1 is 1.00 bits per heavy atom. The molecule has 0 unspecified atom stereocenters. The molecule has 2 N–H and O–H groups in total. The van der Waals surface area contributed by atoms with Crippen LogP contribution in [0.15, 0.2) is 36.4 Å². The number of aromatic nitrogens is 2. The number of hydrazine groups is 1. The maximum atomic E-state index is 11.1. The SMILES string of the molecule is CCCCOc1ccc(-c2cc(-c3cc(OC)c(OC)c(OC)c3)nc(N[N+](=O)[O-])n2)c(O)c1. The van der Waals surface area contributed by atoms with E-state index >= 15 is 0 Å². The maximum Gasteiger partial charge on any atom is 0.286 e. The Hall–Kier alpha value is -4.28. The van der Waals surface area contributed by atoms with Gasteiger partial charge >= 0.3 is 0 Å². The van der Waals surface area contributed by atoms with Gasteiger partial charge in [0.05, 0.1) is 39.3 Å². The van der Waals surface area contributed by atoms with Crippen LogP contribution in [0.25, 0.3) is 22.5 Å². The first-order chi connectivity index (χ1) is 16.4. The molecule has 34 heavy (non-hydrogen) atoms. The van der Waals surface area contributed by atoms with E-state index in [1.165, 1.54) is 27.4 Å². The van der Waals surface area contributed by atoms with Crippen LogP contribution in [-0.2, 0) is 0 Å². The Bertz CT molecular complexity index is 1150. The molecule has 0 saturated carbocycles. The predicted molar refractivity (Wildman–Crippen MR) is 125 cm³/mol. The van der Waals surface area contributed by atoms with Crippen LogP contribution in [0, 0.1) is 10.1 Å². The second-order valence-corrected chi connectivity index (χ2v) is 7.13. The highest BCUT2D eigenvalue weighted by atomic mass is 16.7. The topological polar surface area (TPSA) is 138 Å². The lowest BCUT2D eigenvalue weighted by Crippen LogP contribution is -2.12. The number of benzene rings is 2. The summed E-state index contributed by atoms with van der Waals surface area (Å²) in [5, 5.41) is 20.9. The van der Waals surface area contributed by atoms with Crippen LogP contribution in [0.4, 0.5) is 5.95 Å². The predicted octanol–water partition coefficient (Wildman–Crippen LogP) is 4.32. The molecule has 11 heteroatoms. The first-order valence-corrected chi connectivity index (χ1v) is 10.5. The number of hydrogen-bond acceptors (Lipinski definition) is 9. The summed E-state index contributed by atoms with van der Waals surface area (Å²) < 4.78 is 21.8. The minimum absolute atomic E-state index is 0.0874. The highest BCUT2D eigenvalue weighted by Gasteiger charge is 2.18. The van der Waals surface area contributed by atoms with Crippen LogP contribution in [0.2, 0.25) is 0 Å². The van der Waals surface area contributed by atoms with Crippen molar-refractivity contribution in [3.05, 3.63) is 46.5 Å². The van der Waals surface area contributed by atoms with Gasteiger partial charge in [-0.1, -0.05) is 18.8 Å². The van der Waals surface area contributed by atoms with Crippen molar-refractivity contribution in [2.45, 2.75) is 19.8 Å². The van der Waals surface area contributed by atoms with Crippen molar-refractivity contribution in [1.82, 2.24) is 9.97 Å². The van der Waals surface area contributed by atoms with Crippen molar-refractivity contribution in [2.75, 3.05) is 33.4 Å². The van der Waals surface area contributed by atoms with E-state index in [9.17, 15) is 15.2 Å². The Labute approximate surface area is 196 Å². The van der Waals surface area contributed by atoms with E-state index in [0.29, 0.717) is 46.4 Å². The summed E-state index contributed by atoms with van der Waals surface area (Å²) >= 11 is 0. The number of phenolic OH excluding ortho intramolecular Hbond substituents is 1. The van der Waals surface area contributed by atoms with E-state index in [0.717, 1.165) is 12.8 Å². The number of methoxy groups -OCH3 is 3. The van der Waals surface area contributed by atoms with E-state index in [-0.39, 0.29) is 17.4 Å². The average Bonchev–Trinajstić information content (AvgIpc) is 2.82. The summed E-state index contributed by atoms with van der Waals surface area (Å²) in [6, 6.07) is 9.73. The van der Waals surface area contributed by atoms with Gasteiger partial charge in [0, 0.05) is 17.2 Å². The molecule has 1 heterocycles. The zero-order valence-electron chi connectivity index (χ0n) is 19.3. The van der Waals surface area contributed by atoms with E-state index in [4.69, 9.17) is 18.9 Å². The van der Waals surface area contributed by atoms with Gasteiger partial charge in [0.25, 0.3) is 5.95 Å². The molecule has 0 saturated heterocycles. The molecule has 180 valence electrons. The fourth-order valence-electron chi connectivity index (χ4n) is 3.25. The number of phenols is 1. The highest BCUT2D eigenvalue weighted by Crippen LogP contribution is 2.42. The van der Waals surface area contributed by atoms with Crippen LogP contribution in [0.1, 0.15) is 19.8 Å². The minimum Gasteiger partial charge on any atom is -0.507 e. The van der Waals surface area contributed by atoms with E-state index in [2.05, 4.69) is 16.9 Å². The summed E-state index contributed by atoms with van der Waals surface area (Å²) in [5.41, 5.74) is 3.45. The molecular weight excluding hydrogens is 444 g/mol. The van der Waals surface area contributed by atoms with Crippen LogP contribution in [-0.4, -0.2) is 48.0 Å². The number of nitrogens with one attached hydrogen (secondary N) is 1. The lowest BCUT2D eigenvalue weighted by Gasteiger charge is -2.15. The lowest BCUT2D eigenvalue weighted by molar-refractivity contribution is -0.446. The van der Waals surface area contributed by atoms with Gasteiger partial charge in [-0.05, 0) is 36.8 Å². The highest BCUT2D eigenvalue weighted by molar-refractivity contribution is 5.76. The largest absolute Gasteiger partial charge is 0.507 e. The minimum atomic E-state index is -0.761. The third kappa shape index (κ3) is 5.55. The normalized spacial score (nSPS) is 10.5. The van der Waals surface area contributed by atoms with Gasteiger partial charge in [-0.3, -0.25) is 0 Å². The zero-order valence-corrected chi connectivity index (χ0v) is 19.3. The fraction of sp³-hybridized carbons (Fsp3) is 0.304. The Balaban J connectivity index is 2.10. The third-order valence-electron chi connectivity index (χ3n) is 4.89.